The van der Waals surface area contributed by atoms with Crippen molar-refractivity contribution < 1.29 is 38.0 Å². The van der Waals surface area contributed by atoms with Crippen molar-refractivity contribution in [3.05, 3.63) is 83.9 Å². The third-order valence-electron chi connectivity index (χ3n) is 11.0. The number of benzene rings is 4. The van der Waals surface area contributed by atoms with Crippen LogP contribution in [0.5, 0.6) is 34.5 Å². The Morgan fingerprint density at radius 3 is 1.11 bits per heavy atom. The molecule has 2 aliphatic rings. The SMILES string of the molecule is COc1cc(-c2ccc(C(=O)N3CCCN(CCCN4CCCN(C(=O)c5ccc(-c6cc(OC)c(OC)c(OC)c6)cc5)CC4)CC3)cc2)cc(OC)c1OC. The van der Waals surface area contributed by atoms with E-state index in [0.717, 1.165) is 93.9 Å². The average molecular weight is 781 g/mol. The molecule has 304 valence electrons. The first-order valence-electron chi connectivity index (χ1n) is 19.6. The van der Waals surface area contributed by atoms with Gasteiger partial charge >= 0.3 is 0 Å². The predicted molar refractivity (Wildman–Crippen MR) is 222 cm³/mol. The zero-order chi connectivity index (χ0) is 40.3. The number of amides is 2. The summed E-state index contributed by atoms with van der Waals surface area (Å²) in [6, 6.07) is 23.1. The highest BCUT2D eigenvalue weighted by Gasteiger charge is 2.23. The number of nitrogens with zero attached hydrogens (tertiary/aromatic N) is 4. The highest BCUT2D eigenvalue weighted by Crippen LogP contribution is 2.42. The maximum Gasteiger partial charge on any atom is 0.253 e. The maximum atomic E-state index is 13.6. The van der Waals surface area contributed by atoms with Gasteiger partial charge in [0.2, 0.25) is 11.5 Å². The zero-order valence-corrected chi connectivity index (χ0v) is 34.2. The molecule has 0 saturated carbocycles. The van der Waals surface area contributed by atoms with Crippen LogP contribution in [0.4, 0.5) is 0 Å². The molecule has 0 aliphatic carbocycles. The molecule has 57 heavy (non-hydrogen) atoms. The molecule has 2 saturated heterocycles. The van der Waals surface area contributed by atoms with Crippen molar-refractivity contribution in [2.75, 3.05) is 108 Å². The second-order valence-corrected chi connectivity index (χ2v) is 14.3. The molecule has 0 aromatic heterocycles. The van der Waals surface area contributed by atoms with Crippen molar-refractivity contribution in [1.29, 1.82) is 0 Å². The molecule has 4 aromatic carbocycles. The van der Waals surface area contributed by atoms with E-state index in [1.165, 1.54) is 0 Å². The van der Waals surface area contributed by atoms with Crippen LogP contribution in [0.3, 0.4) is 0 Å². The summed E-state index contributed by atoms with van der Waals surface area (Å²) in [5.74, 6) is 3.55. The van der Waals surface area contributed by atoms with Gasteiger partial charge in [0.1, 0.15) is 0 Å². The van der Waals surface area contributed by atoms with Gasteiger partial charge in [-0.25, -0.2) is 0 Å². The second-order valence-electron chi connectivity index (χ2n) is 14.3. The minimum absolute atomic E-state index is 0.0616. The van der Waals surface area contributed by atoms with Gasteiger partial charge in [-0.2, -0.15) is 0 Å². The van der Waals surface area contributed by atoms with E-state index in [0.29, 0.717) is 58.7 Å². The van der Waals surface area contributed by atoms with E-state index in [2.05, 4.69) is 9.80 Å². The van der Waals surface area contributed by atoms with Gasteiger partial charge in [0.05, 0.1) is 42.7 Å². The maximum absolute atomic E-state index is 13.6. The Bertz CT molecular complexity index is 1780. The fourth-order valence-electron chi connectivity index (χ4n) is 7.78. The summed E-state index contributed by atoms with van der Waals surface area (Å²) in [4.78, 5) is 36.0. The molecular formula is C45H56N4O8. The number of ether oxygens (including phenoxy) is 6. The Hall–Kier alpha value is -5.46. The van der Waals surface area contributed by atoms with E-state index in [4.69, 9.17) is 28.4 Å². The second kappa shape index (κ2) is 19.6. The summed E-state index contributed by atoms with van der Waals surface area (Å²) in [5, 5.41) is 0. The molecule has 2 heterocycles. The average Bonchev–Trinajstić information content (AvgIpc) is 3.66. The van der Waals surface area contributed by atoms with E-state index in [1.807, 2.05) is 82.6 Å². The van der Waals surface area contributed by atoms with Crippen LogP contribution in [0.25, 0.3) is 22.3 Å². The molecule has 12 nitrogen and oxygen atoms in total. The number of hydrogen-bond acceptors (Lipinski definition) is 10. The third-order valence-corrected chi connectivity index (χ3v) is 11.0. The lowest BCUT2D eigenvalue weighted by Crippen LogP contribution is -2.37. The van der Waals surface area contributed by atoms with Crippen LogP contribution < -0.4 is 28.4 Å². The first kappa shape index (κ1) is 41.2. The van der Waals surface area contributed by atoms with Gasteiger partial charge in [0.15, 0.2) is 23.0 Å². The lowest BCUT2D eigenvalue weighted by molar-refractivity contribution is 0.0755. The van der Waals surface area contributed by atoms with E-state index in [-0.39, 0.29) is 11.8 Å². The van der Waals surface area contributed by atoms with Crippen molar-refractivity contribution in [3.8, 4) is 56.8 Å². The zero-order valence-electron chi connectivity index (χ0n) is 34.2. The molecule has 2 aliphatic heterocycles. The van der Waals surface area contributed by atoms with Crippen molar-refractivity contribution >= 4 is 11.8 Å². The molecule has 0 bridgehead atoms. The normalized spacial score (nSPS) is 15.3. The largest absolute Gasteiger partial charge is 0.493 e. The highest BCUT2D eigenvalue weighted by molar-refractivity contribution is 5.95. The Balaban J connectivity index is 0.952. The van der Waals surface area contributed by atoms with Crippen LogP contribution >= 0.6 is 0 Å². The lowest BCUT2D eigenvalue weighted by atomic mass is 10.0. The molecule has 0 unspecified atom stereocenters. The van der Waals surface area contributed by atoms with E-state index < -0.39 is 0 Å². The molecule has 2 fully saturated rings. The van der Waals surface area contributed by atoms with Gasteiger partial charge < -0.3 is 48.0 Å². The smallest absolute Gasteiger partial charge is 0.253 e. The summed E-state index contributed by atoms with van der Waals surface area (Å²) in [7, 11) is 9.57. The van der Waals surface area contributed by atoms with Crippen LogP contribution in [0.1, 0.15) is 40.0 Å². The summed E-state index contributed by atoms with van der Waals surface area (Å²) in [6.45, 7) is 8.54. The van der Waals surface area contributed by atoms with Gasteiger partial charge in [0, 0.05) is 50.4 Å². The highest BCUT2D eigenvalue weighted by atomic mass is 16.5. The molecule has 0 radical (unpaired) electrons. The quantitative estimate of drug-likeness (QED) is 0.142. The number of rotatable bonds is 14. The molecule has 0 atom stereocenters. The number of carbonyl (C=O) groups excluding carboxylic acids is 2. The number of carbonyl (C=O) groups is 2. The fourth-order valence-corrected chi connectivity index (χ4v) is 7.78. The first-order valence-corrected chi connectivity index (χ1v) is 19.6. The molecule has 6 rings (SSSR count). The molecule has 0 N–H and O–H groups in total. The first-order chi connectivity index (χ1) is 27.8. The molecule has 2 amide bonds. The Labute approximate surface area is 336 Å². The lowest BCUT2D eigenvalue weighted by Gasteiger charge is -2.25. The van der Waals surface area contributed by atoms with Gasteiger partial charge in [-0.1, -0.05) is 24.3 Å². The summed E-state index contributed by atoms with van der Waals surface area (Å²) < 4.78 is 33.0. The van der Waals surface area contributed by atoms with Crippen molar-refractivity contribution in [2.24, 2.45) is 0 Å². The summed E-state index contributed by atoms with van der Waals surface area (Å²) in [5.41, 5.74) is 5.10. The van der Waals surface area contributed by atoms with Crippen LogP contribution in [-0.4, -0.2) is 140 Å². The predicted octanol–water partition coefficient (Wildman–Crippen LogP) is 6.46. The molecule has 12 heteroatoms. The van der Waals surface area contributed by atoms with Crippen molar-refractivity contribution in [1.82, 2.24) is 19.6 Å². The monoisotopic (exact) mass is 780 g/mol. The van der Waals surface area contributed by atoms with Crippen LogP contribution in [0.15, 0.2) is 72.8 Å². The third kappa shape index (κ3) is 9.75. The van der Waals surface area contributed by atoms with Gasteiger partial charge in [-0.3, -0.25) is 9.59 Å². The van der Waals surface area contributed by atoms with Gasteiger partial charge in [-0.15, -0.1) is 0 Å². The van der Waals surface area contributed by atoms with E-state index >= 15 is 0 Å². The minimum Gasteiger partial charge on any atom is -0.493 e. The topological polar surface area (TPSA) is 102 Å². The Morgan fingerprint density at radius 2 is 0.789 bits per heavy atom. The van der Waals surface area contributed by atoms with Crippen molar-refractivity contribution in [3.63, 3.8) is 0 Å². The van der Waals surface area contributed by atoms with E-state index in [9.17, 15) is 9.59 Å². The summed E-state index contributed by atoms with van der Waals surface area (Å²) >= 11 is 0. The van der Waals surface area contributed by atoms with Gasteiger partial charge in [-0.05, 0) is 116 Å². The van der Waals surface area contributed by atoms with E-state index in [1.54, 1.807) is 42.7 Å². The van der Waals surface area contributed by atoms with Gasteiger partial charge in [0.25, 0.3) is 11.8 Å². The Morgan fingerprint density at radius 1 is 0.439 bits per heavy atom. The van der Waals surface area contributed by atoms with Crippen LogP contribution in [0.2, 0.25) is 0 Å². The molecule has 4 aromatic rings. The van der Waals surface area contributed by atoms with Crippen LogP contribution in [-0.2, 0) is 0 Å². The standard InChI is InChI=1S/C45H56N4O8/c1-52-38-28-36(29-39(53-2)42(38)56-5)32-10-14-34(15-11-32)44(50)48-22-8-20-46(24-26-48)18-7-19-47-21-9-23-49(27-25-47)45(51)35-16-12-33(13-17-35)37-30-40(54-3)43(57-6)41(31-37)55-4/h10-17,28-31H,7-9,18-27H2,1-6H3. The van der Waals surface area contributed by atoms with Crippen LogP contribution in [0, 0.1) is 0 Å². The molecular weight excluding hydrogens is 725 g/mol. The molecule has 0 spiro atoms. The number of methoxy groups -OCH3 is 6. The summed E-state index contributed by atoms with van der Waals surface area (Å²) in [6.07, 6.45) is 2.94. The number of hydrogen-bond donors (Lipinski definition) is 0. The van der Waals surface area contributed by atoms with Crippen molar-refractivity contribution in [2.45, 2.75) is 19.3 Å². The minimum atomic E-state index is 0.0616. The fraction of sp³-hybridized carbons (Fsp3) is 0.422. The Kier molecular flexibility index (Phi) is 14.2.